The average molecular weight is 392 g/mol. The third-order valence-corrected chi connectivity index (χ3v) is 5.08. The first kappa shape index (κ1) is 21.7. The Morgan fingerprint density at radius 2 is 1.56 bits per heavy atom. The van der Waals surface area contributed by atoms with E-state index in [1.165, 1.54) is 32.1 Å². The molecule has 1 saturated heterocycles. The summed E-state index contributed by atoms with van der Waals surface area (Å²) in [4.78, 5) is 11.8. The van der Waals surface area contributed by atoms with Gasteiger partial charge in [0.05, 0.1) is 6.61 Å². The Kier molecular flexibility index (Phi) is 10.9. The molecule has 0 aromatic heterocycles. The van der Waals surface area contributed by atoms with E-state index >= 15 is 0 Å². The van der Waals surface area contributed by atoms with Crippen molar-refractivity contribution >= 4 is 29.0 Å². The Morgan fingerprint density at radius 3 is 2.30 bits per heavy atom. The second kappa shape index (κ2) is 13.5. The van der Waals surface area contributed by atoms with Crippen molar-refractivity contribution in [2.45, 2.75) is 83.2 Å². The number of cyclic esters (lactones) is 1. The van der Waals surface area contributed by atoms with Crippen molar-refractivity contribution in [3.63, 3.8) is 0 Å². The molecule has 5 heteroatoms. The van der Waals surface area contributed by atoms with Crippen molar-refractivity contribution in [1.82, 2.24) is 0 Å². The zero-order valence-electron chi connectivity index (χ0n) is 16.3. The van der Waals surface area contributed by atoms with E-state index in [0.29, 0.717) is 18.2 Å². The summed E-state index contributed by atoms with van der Waals surface area (Å²) in [5, 5.41) is 3.55. The van der Waals surface area contributed by atoms with Gasteiger partial charge in [0.2, 0.25) is 0 Å². The number of carbonyl (C=O) groups excluding carboxylic acids is 1. The maximum Gasteiger partial charge on any atom is 0.305 e. The Hall–Kier alpha value is -1.62. The maximum atomic E-state index is 11.8. The number of benzene rings is 1. The van der Waals surface area contributed by atoms with Gasteiger partial charge in [-0.15, -0.1) is 0 Å². The minimum Gasteiger partial charge on any atom is -0.468 e. The molecule has 1 aromatic carbocycles. The van der Waals surface area contributed by atoms with E-state index in [2.05, 4.69) is 5.32 Å². The lowest BCUT2D eigenvalue weighted by molar-refractivity contribution is -0.144. The van der Waals surface area contributed by atoms with E-state index in [0.717, 1.165) is 44.2 Å². The van der Waals surface area contributed by atoms with Crippen LogP contribution in [0, 0.1) is 0 Å². The molecule has 1 aliphatic rings. The fourth-order valence-corrected chi connectivity index (χ4v) is 3.61. The first-order valence-corrected chi connectivity index (χ1v) is 10.8. The molecule has 150 valence electrons. The fourth-order valence-electron chi connectivity index (χ4n) is 3.35. The number of hydrogen-bond acceptors (Lipinski definition) is 4. The zero-order chi connectivity index (χ0) is 19.2. The van der Waals surface area contributed by atoms with E-state index in [1.807, 2.05) is 30.3 Å². The van der Waals surface area contributed by atoms with Crippen LogP contribution in [0.3, 0.4) is 0 Å². The first-order valence-electron chi connectivity index (χ1n) is 10.4. The van der Waals surface area contributed by atoms with E-state index in [4.69, 9.17) is 21.7 Å². The molecule has 0 saturated carbocycles. The Balaban J connectivity index is 1.79. The molecule has 0 amide bonds. The molecule has 4 nitrogen and oxygen atoms in total. The number of esters is 1. The Morgan fingerprint density at radius 1 is 0.926 bits per heavy atom. The third kappa shape index (κ3) is 10.3. The molecule has 1 fully saturated rings. The van der Waals surface area contributed by atoms with Crippen molar-refractivity contribution in [3.8, 4) is 0 Å². The third-order valence-electron chi connectivity index (χ3n) is 4.88. The number of thiocarbonyl (C=S) groups is 1. The molecule has 0 radical (unpaired) electrons. The van der Waals surface area contributed by atoms with Gasteiger partial charge in [-0.25, -0.2) is 0 Å². The van der Waals surface area contributed by atoms with Crippen LogP contribution in [-0.4, -0.2) is 23.9 Å². The molecule has 1 aliphatic heterocycles. The highest BCUT2D eigenvalue weighted by Gasteiger charge is 2.13. The maximum absolute atomic E-state index is 11.8. The van der Waals surface area contributed by atoms with E-state index in [-0.39, 0.29) is 12.1 Å². The number of carbonyl (C=O) groups is 1. The molecule has 2 rings (SSSR count). The summed E-state index contributed by atoms with van der Waals surface area (Å²) in [6, 6.07) is 9.83. The summed E-state index contributed by atoms with van der Waals surface area (Å²) in [7, 11) is 0. The Bertz CT molecular complexity index is 550. The van der Waals surface area contributed by atoms with E-state index in [9.17, 15) is 4.79 Å². The van der Waals surface area contributed by atoms with Gasteiger partial charge in [-0.3, -0.25) is 4.79 Å². The first-order chi connectivity index (χ1) is 13.2. The lowest BCUT2D eigenvalue weighted by Gasteiger charge is -2.20. The largest absolute Gasteiger partial charge is 0.468 e. The van der Waals surface area contributed by atoms with Gasteiger partial charge in [0.15, 0.2) is 0 Å². The smallest absolute Gasteiger partial charge is 0.305 e. The lowest BCUT2D eigenvalue weighted by Crippen LogP contribution is -2.23. The number of ether oxygens (including phenoxy) is 2. The van der Waals surface area contributed by atoms with E-state index in [1.54, 1.807) is 0 Å². The molecular weight excluding hydrogens is 358 g/mol. The van der Waals surface area contributed by atoms with Gasteiger partial charge in [-0.2, -0.15) is 0 Å². The molecule has 0 aliphatic carbocycles. The van der Waals surface area contributed by atoms with Gasteiger partial charge in [0, 0.05) is 12.1 Å². The normalized spacial score (nSPS) is 21.0. The standard InChI is InChI=1S/C22H33NO3S/c24-21-17-11-6-4-2-1-3-5-10-15-20(16-12-18-25-21)26-22(27)23-19-13-8-7-9-14-19/h7-9,13-14,20H,1-6,10-12,15-18H2,(H,23,27). The second-order valence-corrected chi connectivity index (χ2v) is 7.62. The summed E-state index contributed by atoms with van der Waals surface area (Å²) < 4.78 is 11.4. The summed E-state index contributed by atoms with van der Waals surface area (Å²) in [6.45, 7) is 0.470. The number of rotatable bonds is 2. The summed E-state index contributed by atoms with van der Waals surface area (Å²) in [5.74, 6) is -0.0687. The van der Waals surface area contributed by atoms with Gasteiger partial charge in [-0.1, -0.05) is 56.7 Å². The van der Waals surface area contributed by atoms with Crippen molar-refractivity contribution in [2.75, 3.05) is 11.9 Å². The zero-order valence-corrected chi connectivity index (χ0v) is 17.1. The van der Waals surface area contributed by atoms with E-state index < -0.39 is 0 Å². The van der Waals surface area contributed by atoms with Crippen LogP contribution in [0.5, 0.6) is 0 Å². The molecule has 1 aromatic rings. The number of anilines is 1. The van der Waals surface area contributed by atoms with Crippen LogP contribution < -0.4 is 5.32 Å². The predicted molar refractivity (Wildman–Crippen MR) is 114 cm³/mol. The van der Waals surface area contributed by atoms with Crippen molar-refractivity contribution < 1.29 is 14.3 Å². The predicted octanol–water partition coefficient (Wildman–Crippen LogP) is 6.01. The SMILES string of the molecule is O=C1CCCCCCCCCCC(OC(=S)Nc2ccccc2)CCCO1. The monoisotopic (exact) mass is 391 g/mol. The highest BCUT2D eigenvalue weighted by Crippen LogP contribution is 2.17. The molecule has 1 N–H and O–H groups in total. The van der Waals surface area contributed by atoms with Crippen molar-refractivity contribution in [2.24, 2.45) is 0 Å². The quantitative estimate of drug-likeness (QED) is 0.494. The molecule has 27 heavy (non-hydrogen) atoms. The van der Waals surface area contributed by atoms with Gasteiger partial charge in [-0.05, 0) is 56.5 Å². The molecule has 0 bridgehead atoms. The van der Waals surface area contributed by atoms with Crippen LogP contribution in [0.25, 0.3) is 0 Å². The lowest BCUT2D eigenvalue weighted by atomic mass is 10.0. The minimum atomic E-state index is -0.0687. The fraction of sp³-hybridized carbons (Fsp3) is 0.636. The van der Waals surface area contributed by atoms with Crippen molar-refractivity contribution in [1.29, 1.82) is 0 Å². The van der Waals surface area contributed by atoms with Gasteiger partial charge in [0.1, 0.15) is 6.10 Å². The minimum absolute atomic E-state index is 0.0687. The van der Waals surface area contributed by atoms with Crippen LogP contribution in [0.1, 0.15) is 77.0 Å². The van der Waals surface area contributed by atoms with Gasteiger partial charge in [0.25, 0.3) is 5.17 Å². The summed E-state index contributed by atoms with van der Waals surface area (Å²) in [6.07, 6.45) is 12.8. The van der Waals surface area contributed by atoms with Crippen LogP contribution >= 0.6 is 12.2 Å². The molecule has 0 spiro atoms. The second-order valence-electron chi connectivity index (χ2n) is 7.25. The molecule has 1 heterocycles. The molecule has 1 unspecified atom stereocenters. The average Bonchev–Trinajstić information content (AvgIpc) is 2.66. The van der Waals surface area contributed by atoms with Crippen LogP contribution in [-0.2, 0) is 14.3 Å². The van der Waals surface area contributed by atoms with Crippen molar-refractivity contribution in [3.05, 3.63) is 30.3 Å². The van der Waals surface area contributed by atoms with Gasteiger partial charge >= 0.3 is 5.97 Å². The molecule has 1 atom stereocenters. The number of para-hydroxylation sites is 1. The van der Waals surface area contributed by atoms with Crippen LogP contribution in [0.2, 0.25) is 0 Å². The summed E-state index contributed by atoms with van der Waals surface area (Å²) >= 11 is 5.38. The number of nitrogens with one attached hydrogen (secondary N) is 1. The topological polar surface area (TPSA) is 47.6 Å². The van der Waals surface area contributed by atoms with Crippen LogP contribution in [0.4, 0.5) is 5.69 Å². The summed E-state index contributed by atoms with van der Waals surface area (Å²) in [5.41, 5.74) is 0.935. The Labute approximate surface area is 169 Å². The number of hydrogen-bond donors (Lipinski definition) is 1. The highest BCUT2D eigenvalue weighted by molar-refractivity contribution is 7.80. The molecular formula is C22H33NO3S. The van der Waals surface area contributed by atoms with Crippen LogP contribution in [0.15, 0.2) is 30.3 Å². The van der Waals surface area contributed by atoms with Gasteiger partial charge < -0.3 is 14.8 Å². The highest BCUT2D eigenvalue weighted by atomic mass is 32.1.